The molecule has 0 amide bonds. The lowest BCUT2D eigenvalue weighted by Crippen LogP contribution is -1.96. The Morgan fingerprint density at radius 1 is 1.53 bits per heavy atom. The first-order chi connectivity index (χ1) is 7.20. The second-order valence-corrected chi connectivity index (χ2v) is 3.52. The third-order valence-corrected chi connectivity index (χ3v) is 2.29. The van der Waals surface area contributed by atoms with Gasteiger partial charge in [-0.2, -0.15) is 0 Å². The lowest BCUT2D eigenvalue weighted by molar-refractivity contribution is -0.385. The molecular formula is C10H13NO3S. The van der Waals surface area contributed by atoms with Crippen LogP contribution in [0, 0.1) is 10.1 Å². The van der Waals surface area contributed by atoms with Gasteiger partial charge in [0.1, 0.15) is 0 Å². The smallest absolute Gasteiger partial charge is 0.312 e. The Hall–Kier alpha value is -1.23. The van der Waals surface area contributed by atoms with Crippen molar-refractivity contribution >= 4 is 17.7 Å². The first-order valence-corrected chi connectivity index (χ1v) is 5.82. The molecule has 0 spiro atoms. The summed E-state index contributed by atoms with van der Waals surface area (Å²) in [6, 6.07) is 5.02. The van der Waals surface area contributed by atoms with Gasteiger partial charge in [0, 0.05) is 17.9 Å². The number of nitro benzene ring substituents is 1. The van der Waals surface area contributed by atoms with E-state index in [1.54, 1.807) is 12.3 Å². The quantitative estimate of drug-likeness (QED) is 0.440. The summed E-state index contributed by atoms with van der Waals surface area (Å²) in [5.74, 6) is 0.386. The predicted molar refractivity (Wildman–Crippen MR) is 61.2 cm³/mol. The van der Waals surface area contributed by atoms with Crippen molar-refractivity contribution in [3.8, 4) is 5.75 Å². The van der Waals surface area contributed by atoms with Gasteiger partial charge in [0.2, 0.25) is 5.75 Å². The average molecular weight is 227 g/mol. The summed E-state index contributed by atoms with van der Waals surface area (Å²) in [4.78, 5) is 10.4. The van der Waals surface area contributed by atoms with Crippen molar-refractivity contribution in [3.63, 3.8) is 0 Å². The molecule has 0 atom stereocenters. The van der Waals surface area contributed by atoms with Crippen LogP contribution in [-0.2, 0) is 6.42 Å². The van der Waals surface area contributed by atoms with Gasteiger partial charge in [0.15, 0.2) is 0 Å². The van der Waals surface area contributed by atoms with E-state index in [0.29, 0.717) is 5.75 Å². The Labute approximate surface area is 93.0 Å². The maximum Gasteiger partial charge on any atom is 0.312 e. The molecule has 0 bridgehead atoms. The van der Waals surface area contributed by atoms with Gasteiger partial charge >= 0.3 is 5.69 Å². The molecule has 0 fully saturated rings. The highest BCUT2D eigenvalue weighted by Crippen LogP contribution is 2.33. The Kier molecular flexibility index (Phi) is 4.42. The SMILES string of the molecule is CCCc1cccc([N+](=O)[O-])c1OSC. The molecule has 1 aromatic carbocycles. The first-order valence-electron chi connectivity index (χ1n) is 4.67. The molecule has 0 aliphatic carbocycles. The highest BCUT2D eigenvalue weighted by Gasteiger charge is 2.18. The van der Waals surface area contributed by atoms with Crippen molar-refractivity contribution in [2.24, 2.45) is 0 Å². The predicted octanol–water partition coefficient (Wildman–Crippen LogP) is 3.20. The van der Waals surface area contributed by atoms with Gasteiger partial charge in [-0.3, -0.25) is 10.1 Å². The Balaban J connectivity index is 3.15. The third kappa shape index (κ3) is 2.86. The Bertz CT molecular complexity index is 355. The van der Waals surface area contributed by atoms with Gasteiger partial charge in [0.05, 0.1) is 17.0 Å². The van der Waals surface area contributed by atoms with Gasteiger partial charge in [-0.1, -0.05) is 25.5 Å². The fourth-order valence-corrected chi connectivity index (χ4v) is 1.72. The van der Waals surface area contributed by atoms with E-state index in [2.05, 4.69) is 0 Å². The molecular weight excluding hydrogens is 214 g/mol. The summed E-state index contributed by atoms with van der Waals surface area (Å²) in [5.41, 5.74) is 0.927. The number of para-hydroxylation sites is 1. The highest BCUT2D eigenvalue weighted by atomic mass is 32.2. The fourth-order valence-electron chi connectivity index (χ4n) is 1.36. The van der Waals surface area contributed by atoms with Crippen LogP contribution < -0.4 is 4.18 Å². The molecule has 0 aromatic heterocycles. The van der Waals surface area contributed by atoms with E-state index in [-0.39, 0.29) is 5.69 Å². The van der Waals surface area contributed by atoms with Crippen molar-refractivity contribution in [2.75, 3.05) is 6.26 Å². The number of benzene rings is 1. The zero-order valence-electron chi connectivity index (χ0n) is 8.73. The number of aryl methyl sites for hydroxylation is 1. The molecule has 0 unspecified atom stereocenters. The number of rotatable bonds is 5. The number of nitro groups is 1. The first kappa shape index (κ1) is 11.8. The number of hydrogen-bond acceptors (Lipinski definition) is 4. The van der Waals surface area contributed by atoms with Crippen LogP contribution in [-0.4, -0.2) is 11.2 Å². The highest BCUT2D eigenvalue weighted by molar-refractivity contribution is 7.94. The van der Waals surface area contributed by atoms with Crippen LogP contribution in [0.25, 0.3) is 0 Å². The molecule has 5 heteroatoms. The summed E-state index contributed by atoms with van der Waals surface area (Å²) in [6.07, 6.45) is 3.47. The lowest BCUT2D eigenvalue weighted by atomic mass is 10.1. The van der Waals surface area contributed by atoms with E-state index in [4.69, 9.17) is 4.18 Å². The molecule has 1 aromatic rings. The summed E-state index contributed by atoms with van der Waals surface area (Å²) in [7, 11) is 0. The normalized spacial score (nSPS) is 10.0. The van der Waals surface area contributed by atoms with E-state index in [1.807, 2.05) is 13.0 Å². The molecule has 0 radical (unpaired) electrons. The minimum atomic E-state index is -0.412. The molecule has 0 saturated carbocycles. The van der Waals surface area contributed by atoms with Crippen LogP contribution in [0.2, 0.25) is 0 Å². The van der Waals surface area contributed by atoms with Gasteiger partial charge in [-0.05, 0) is 6.42 Å². The molecule has 82 valence electrons. The molecule has 0 N–H and O–H groups in total. The van der Waals surface area contributed by atoms with Crippen LogP contribution in [0.1, 0.15) is 18.9 Å². The monoisotopic (exact) mass is 227 g/mol. The van der Waals surface area contributed by atoms with Crippen LogP contribution in [0.5, 0.6) is 5.75 Å². The van der Waals surface area contributed by atoms with Crippen LogP contribution in [0.15, 0.2) is 18.2 Å². The second-order valence-electron chi connectivity index (χ2n) is 3.02. The van der Waals surface area contributed by atoms with Crippen molar-refractivity contribution < 1.29 is 9.11 Å². The minimum Gasteiger partial charge on any atom is -0.419 e. The molecule has 0 saturated heterocycles. The Morgan fingerprint density at radius 3 is 2.80 bits per heavy atom. The maximum absolute atomic E-state index is 10.8. The Morgan fingerprint density at radius 2 is 2.27 bits per heavy atom. The largest absolute Gasteiger partial charge is 0.419 e. The topological polar surface area (TPSA) is 52.4 Å². The molecule has 15 heavy (non-hydrogen) atoms. The van der Waals surface area contributed by atoms with E-state index >= 15 is 0 Å². The second kappa shape index (κ2) is 5.60. The number of hydrogen-bond donors (Lipinski definition) is 0. The zero-order valence-corrected chi connectivity index (χ0v) is 9.54. The summed E-state index contributed by atoms with van der Waals surface area (Å²) in [5, 5.41) is 10.8. The summed E-state index contributed by atoms with van der Waals surface area (Å²) < 4.78 is 5.26. The van der Waals surface area contributed by atoms with Crippen molar-refractivity contribution in [1.29, 1.82) is 0 Å². The van der Waals surface area contributed by atoms with Crippen molar-refractivity contribution in [3.05, 3.63) is 33.9 Å². The van der Waals surface area contributed by atoms with Crippen LogP contribution in [0.3, 0.4) is 0 Å². The van der Waals surface area contributed by atoms with E-state index in [1.165, 1.54) is 6.07 Å². The van der Waals surface area contributed by atoms with Crippen molar-refractivity contribution in [2.45, 2.75) is 19.8 Å². The molecule has 0 aliphatic heterocycles. The minimum absolute atomic E-state index is 0.0373. The molecule has 0 heterocycles. The van der Waals surface area contributed by atoms with Crippen molar-refractivity contribution in [1.82, 2.24) is 0 Å². The molecule has 4 nitrogen and oxygen atoms in total. The summed E-state index contributed by atoms with van der Waals surface area (Å²) >= 11 is 1.12. The zero-order chi connectivity index (χ0) is 11.3. The fraction of sp³-hybridized carbons (Fsp3) is 0.400. The standard InChI is InChI=1S/C10H13NO3S/c1-3-5-8-6-4-7-9(11(12)13)10(8)14-15-2/h4,6-7H,3,5H2,1-2H3. The van der Waals surface area contributed by atoms with Gasteiger partial charge in [-0.15, -0.1) is 0 Å². The van der Waals surface area contributed by atoms with Gasteiger partial charge in [-0.25, -0.2) is 0 Å². The number of nitrogens with zero attached hydrogens (tertiary/aromatic N) is 1. The average Bonchev–Trinajstić information content (AvgIpc) is 2.21. The van der Waals surface area contributed by atoms with E-state index < -0.39 is 4.92 Å². The van der Waals surface area contributed by atoms with E-state index in [0.717, 1.165) is 30.4 Å². The van der Waals surface area contributed by atoms with Crippen LogP contribution >= 0.6 is 12.0 Å². The van der Waals surface area contributed by atoms with Gasteiger partial charge < -0.3 is 4.18 Å². The third-order valence-electron chi connectivity index (χ3n) is 1.96. The van der Waals surface area contributed by atoms with Gasteiger partial charge in [0.25, 0.3) is 0 Å². The molecule has 1 rings (SSSR count). The van der Waals surface area contributed by atoms with Crippen LogP contribution in [0.4, 0.5) is 5.69 Å². The lowest BCUT2D eigenvalue weighted by Gasteiger charge is -2.07. The molecule has 0 aliphatic rings. The van der Waals surface area contributed by atoms with E-state index in [9.17, 15) is 10.1 Å². The summed E-state index contributed by atoms with van der Waals surface area (Å²) in [6.45, 7) is 2.03. The maximum atomic E-state index is 10.8.